The van der Waals surface area contributed by atoms with Crippen molar-refractivity contribution in [2.24, 2.45) is 17.8 Å². The van der Waals surface area contributed by atoms with Crippen LogP contribution in [0, 0.1) is 17.8 Å². The number of nitrogens with one attached hydrogen (secondary N) is 1. The van der Waals surface area contributed by atoms with Gasteiger partial charge in [-0.05, 0) is 38.3 Å². The first kappa shape index (κ1) is 15.1. The van der Waals surface area contributed by atoms with Crippen LogP contribution < -0.4 is 5.32 Å². The fourth-order valence-electron chi connectivity index (χ4n) is 2.94. The van der Waals surface area contributed by atoms with Crippen molar-refractivity contribution in [3.63, 3.8) is 0 Å². The van der Waals surface area contributed by atoms with Crippen molar-refractivity contribution in [2.75, 3.05) is 32.8 Å². The number of ether oxygens (including phenoxy) is 1. The Labute approximate surface area is 121 Å². The van der Waals surface area contributed by atoms with E-state index in [0.717, 1.165) is 39.3 Å². The van der Waals surface area contributed by atoms with Crippen molar-refractivity contribution in [3.05, 3.63) is 0 Å². The lowest BCUT2D eigenvalue weighted by molar-refractivity contribution is -0.138. The number of carbonyl (C=O) groups excluding carboxylic acids is 1. The van der Waals surface area contributed by atoms with Crippen LogP contribution in [0.1, 0.15) is 26.2 Å². The Balaban J connectivity index is 0.00000133. The average Bonchev–Trinajstić information content (AvgIpc) is 3.00. The molecule has 2 unspecified atom stereocenters. The van der Waals surface area contributed by atoms with Crippen LogP contribution in [-0.4, -0.2) is 49.7 Å². The van der Waals surface area contributed by atoms with E-state index in [2.05, 4.69) is 17.1 Å². The molecule has 0 spiro atoms. The van der Waals surface area contributed by atoms with Gasteiger partial charge in [-0.25, -0.2) is 0 Å². The lowest BCUT2D eigenvalue weighted by Crippen LogP contribution is -2.51. The number of amides is 1. The van der Waals surface area contributed by atoms with Gasteiger partial charge in [-0.2, -0.15) is 0 Å². The number of halogens is 1. The van der Waals surface area contributed by atoms with Crippen LogP contribution in [0.15, 0.2) is 0 Å². The molecular weight excluding hydrogens is 264 g/mol. The summed E-state index contributed by atoms with van der Waals surface area (Å²) in [5.74, 6) is 1.70. The third-order valence-electron chi connectivity index (χ3n) is 4.66. The molecule has 3 rings (SSSR count). The molecule has 0 radical (unpaired) electrons. The Kier molecular flexibility index (Phi) is 5.09. The summed E-state index contributed by atoms with van der Waals surface area (Å²) in [6, 6.07) is 0.536. The van der Waals surface area contributed by atoms with Crippen LogP contribution in [-0.2, 0) is 9.53 Å². The van der Waals surface area contributed by atoms with E-state index < -0.39 is 0 Å². The zero-order chi connectivity index (χ0) is 12.5. The van der Waals surface area contributed by atoms with Crippen molar-refractivity contribution in [3.8, 4) is 0 Å². The lowest BCUT2D eigenvalue weighted by Gasteiger charge is -2.36. The van der Waals surface area contributed by atoms with Crippen LogP contribution in [0.5, 0.6) is 0 Å². The molecule has 2 aliphatic heterocycles. The normalized spacial score (nSPS) is 28.4. The topological polar surface area (TPSA) is 41.6 Å². The zero-order valence-electron chi connectivity index (χ0n) is 11.6. The predicted octanol–water partition coefficient (Wildman–Crippen LogP) is 1.29. The van der Waals surface area contributed by atoms with E-state index in [1.54, 1.807) is 0 Å². The number of rotatable bonds is 5. The number of carbonyl (C=O) groups is 1. The fourth-order valence-corrected chi connectivity index (χ4v) is 2.94. The lowest BCUT2D eigenvalue weighted by atomic mass is 9.87. The Morgan fingerprint density at radius 2 is 2.11 bits per heavy atom. The average molecular weight is 289 g/mol. The van der Waals surface area contributed by atoms with Gasteiger partial charge in [0.25, 0.3) is 0 Å². The molecule has 0 aromatic heterocycles. The summed E-state index contributed by atoms with van der Waals surface area (Å²) in [5.41, 5.74) is 0. The summed E-state index contributed by atoms with van der Waals surface area (Å²) in [5, 5.41) is 3.26. The van der Waals surface area contributed by atoms with E-state index >= 15 is 0 Å². The Morgan fingerprint density at radius 3 is 2.58 bits per heavy atom. The summed E-state index contributed by atoms with van der Waals surface area (Å²) in [4.78, 5) is 14.8. The molecular formula is C14H25ClN2O2. The third-order valence-corrected chi connectivity index (χ3v) is 4.66. The fraction of sp³-hybridized carbons (Fsp3) is 0.929. The molecule has 0 aromatic rings. The van der Waals surface area contributed by atoms with Gasteiger partial charge in [0, 0.05) is 31.0 Å². The quantitative estimate of drug-likeness (QED) is 0.829. The van der Waals surface area contributed by atoms with Crippen LogP contribution in [0.2, 0.25) is 0 Å². The predicted molar refractivity (Wildman–Crippen MR) is 76.4 cm³/mol. The summed E-state index contributed by atoms with van der Waals surface area (Å²) in [7, 11) is 0. The molecule has 3 aliphatic rings. The standard InChI is InChI=1S/C14H24N2O2.ClH/c1-10(12-6-15-7-12)14(17)16(13-2-3-13)8-11-4-5-18-9-11;/h10-13,15H,2-9H2,1H3;1H. The summed E-state index contributed by atoms with van der Waals surface area (Å²) in [6.07, 6.45) is 3.53. The Hall–Kier alpha value is -0.320. The van der Waals surface area contributed by atoms with Crippen molar-refractivity contribution < 1.29 is 9.53 Å². The van der Waals surface area contributed by atoms with Gasteiger partial charge >= 0.3 is 0 Å². The minimum absolute atomic E-state index is 0. The number of hydrogen-bond donors (Lipinski definition) is 1. The van der Waals surface area contributed by atoms with Crippen LogP contribution in [0.25, 0.3) is 0 Å². The molecule has 2 heterocycles. The van der Waals surface area contributed by atoms with Gasteiger partial charge in [-0.1, -0.05) is 6.92 Å². The van der Waals surface area contributed by atoms with Crippen LogP contribution >= 0.6 is 12.4 Å². The molecule has 2 saturated heterocycles. The van der Waals surface area contributed by atoms with E-state index in [4.69, 9.17) is 4.74 Å². The molecule has 3 fully saturated rings. The first-order valence-electron chi connectivity index (χ1n) is 7.34. The molecule has 110 valence electrons. The highest BCUT2D eigenvalue weighted by Gasteiger charge is 2.39. The van der Waals surface area contributed by atoms with Crippen molar-refractivity contribution in [1.29, 1.82) is 0 Å². The number of hydrogen-bond acceptors (Lipinski definition) is 3. The molecule has 19 heavy (non-hydrogen) atoms. The molecule has 1 N–H and O–H groups in total. The second-order valence-corrected chi connectivity index (χ2v) is 6.16. The summed E-state index contributed by atoms with van der Waals surface area (Å²) in [6.45, 7) is 6.77. The van der Waals surface area contributed by atoms with E-state index in [0.29, 0.717) is 23.8 Å². The van der Waals surface area contributed by atoms with Crippen LogP contribution in [0.3, 0.4) is 0 Å². The van der Waals surface area contributed by atoms with Crippen LogP contribution in [0.4, 0.5) is 0 Å². The smallest absolute Gasteiger partial charge is 0.226 e. The molecule has 0 aromatic carbocycles. The van der Waals surface area contributed by atoms with Gasteiger partial charge < -0.3 is 15.0 Å². The highest BCUT2D eigenvalue weighted by atomic mass is 35.5. The third kappa shape index (κ3) is 3.41. The zero-order valence-corrected chi connectivity index (χ0v) is 12.5. The van der Waals surface area contributed by atoms with E-state index in [9.17, 15) is 4.79 Å². The van der Waals surface area contributed by atoms with E-state index in [1.165, 1.54) is 12.8 Å². The monoisotopic (exact) mass is 288 g/mol. The molecule has 1 saturated carbocycles. The van der Waals surface area contributed by atoms with E-state index in [1.807, 2.05) is 0 Å². The molecule has 1 amide bonds. The second-order valence-electron chi connectivity index (χ2n) is 6.16. The van der Waals surface area contributed by atoms with Gasteiger partial charge in [0.15, 0.2) is 0 Å². The Bertz CT molecular complexity index is 313. The maximum absolute atomic E-state index is 12.6. The second kappa shape index (κ2) is 6.42. The van der Waals surface area contributed by atoms with Crippen molar-refractivity contribution >= 4 is 18.3 Å². The molecule has 1 aliphatic carbocycles. The molecule has 2 atom stereocenters. The number of nitrogens with zero attached hydrogens (tertiary/aromatic N) is 1. The first-order valence-corrected chi connectivity index (χ1v) is 7.34. The minimum atomic E-state index is 0. The molecule has 4 nitrogen and oxygen atoms in total. The van der Waals surface area contributed by atoms with Crippen molar-refractivity contribution in [2.45, 2.75) is 32.2 Å². The highest BCUT2D eigenvalue weighted by molar-refractivity contribution is 5.85. The summed E-state index contributed by atoms with van der Waals surface area (Å²) >= 11 is 0. The Morgan fingerprint density at radius 1 is 1.37 bits per heavy atom. The summed E-state index contributed by atoms with van der Waals surface area (Å²) < 4.78 is 5.43. The minimum Gasteiger partial charge on any atom is -0.381 e. The van der Waals surface area contributed by atoms with Gasteiger partial charge in [0.05, 0.1) is 6.61 Å². The molecule has 0 bridgehead atoms. The van der Waals surface area contributed by atoms with Gasteiger partial charge in [0.2, 0.25) is 5.91 Å². The maximum Gasteiger partial charge on any atom is 0.226 e. The SMILES string of the molecule is CC(C(=O)N(CC1CCOC1)C1CC1)C1CNC1.Cl. The first-order chi connectivity index (χ1) is 8.75. The van der Waals surface area contributed by atoms with Gasteiger partial charge in [0.1, 0.15) is 0 Å². The highest BCUT2D eigenvalue weighted by Crippen LogP contribution is 2.31. The van der Waals surface area contributed by atoms with Gasteiger partial charge in [-0.3, -0.25) is 4.79 Å². The van der Waals surface area contributed by atoms with Crippen molar-refractivity contribution in [1.82, 2.24) is 10.2 Å². The largest absolute Gasteiger partial charge is 0.381 e. The molecule has 5 heteroatoms. The van der Waals surface area contributed by atoms with E-state index in [-0.39, 0.29) is 18.3 Å². The van der Waals surface area contributed by atoms with Gasteiger partial charge in [-0.15, -0.1) is 12.4 Å². The maximum atomic E-state index is 12.6.